The molecule has 0 unspecified atom stereocenters. The van der Waals surface area contributed by atoms with Crippen LogP contribution in [0.3, 0.4) is 0 Å². The second kappa shape index (κ2) is 6.87. The molecule has 1 N–H and O–H groups in total. The number of para-hydroxylation sites is 1. The third kappa shape index (κ3) is 3.67. The second-order valence-corrected chi connectivity index (χ2v) is 5.24. The molecule has 1 aromatic rings. The van der Waals surface area contributed by atoms with Gasteiger partial charge < -0.3 is 15.0 Å². The average Bonchev–Trinajstić information content (AvgIpc) is 2.92. The van der Waals surface area contributed by atoms with Crippen molar-refractivity contribution in [2.24, 2.45) is 0 Å². The van der Waals surface area contributed by atoms with Crippen LogP contribution in [-0.4, -0.2) is 30.9 Å². The van der Waals surface area contributed by atoms with E-state index in [2.05, 4.69) is 42.3 Å². The van der Waals surface area contributed by atoms with E-state index in [4.69, 9.17) is 17.0 Å². The van der Waals surface area contributed by atoms with Crippen LogP contribution in [0.4, 0.5) is 5.69 Å². The Hall–Kier alpha value is -1.13. The predicted octanol–water partition coefficient (Wildman–Crippen LogP) is 2.87. The molecular weight excluding hydrogens is 256 g/mol. The molecule has 0 aromatic heterocycles. The molecule has 1 atom stereocenters. The SMILES string of the molecule is CCN(C(=S)NC[C@@H]1CCCO1)c1ccccc1C. The predicted molar refractivity (Wildman–Crippen MR) is 83.8 cm³/mol. The summed E-state index contributed by atoms with van der Waals surface area (Å²) in [5.41, 5.74) is 2.42. The highest BCUT2D eigenvalue weighted by molar-refractivity contribution is 7.80. The van der Waals surface area contributed by atoms with Gasteiger partial charge in [0.05, 0.1) is 6.10 Å². The molecule has 2 rings (SSSR count). The minimum atomic E-state index is 0.313. The Balaban J connectivity index is 1.96. The molecule has 0 aliphatic carbocycles. The summed E-state index contributed by atoms with van der Waals surface area (Å²) in [6.07, 6.45) is 2.61. The standard InChI is InChI=1S/C15H22N2OS/c1-3-17(14-9-5-4-7-12(14)2)15(19)16-11-13-8-6-10-18-13/h4-5,7,9,13H,3,6,8,10-11H2,1-2H3,(H,16,19)/t13-/m0/s1. The van der Waals surface area contributed by atoms with Gasteiger partial charge in [0.1, 0.15) is 0 Å². The Labute approximate surface area is 120 Å². The first-order valence-corrected chi connectivity index (χ1v) is 7.35. The molecule has 0 bridgehead atoms. The maximum absolute atomic E-state index is 5.61. The van der Waals surface area contributed by atoms with Crippen molar-refractivity contribution in [3.63, 3.8) is 0 Å². The lowest BCUT2D eigenvalue weighted by atomic mass is 10.2. The number of nitrogens with one attached hydrogen (secondary N) is 1. The van der Waals surface area contributed by atoms with Crippen LogP contribution in [0.5, 0.6) is 0 Å². The van der Waals surface area contributed by atoms with Crippen LogP contribution in [0.15, 0.2) is 24.3 Å². The van der Waals surface area contributed by atoms with E-state index in [0.29, 0.717) is 6.10 Å². The number of anilines is 1. The Morgan fingerprint density at radius 2 is 2.26 bits per heavy atom. The van der Waals surface area contributed by atoms with Gasteiger partial charge in [0.25, 0.3) is 0 Å². The quantitative estimate of drug-likeness (QED) is 0.856. The van der Waals surface area contributed by atoms with Crippen molar-refractivity contribution in [1.82, 2.24) is 5.32 Å². The van der Waals surface area contributed by atoms with Crippen molar-refractivity contribution in [3.05, 3.63) is 29.8 Å². The summed E-state index contributed by atoms with van der Waals surface area (Å²) < 4.78 is 5.61. The number of rotatable bonds is 4. The molecule has 0 radical (unpaired) electrons. The molecule has 3 nitrogen and oxygen atoms in total. The third-order valence-electron chi connectivity index (χ3n) is 3.47. The topological polar surface area (TPSA) is 24.5 Å². The van der Waals surface area contributed by atoms with E-state index in [1.54, 1.807) is 0 Å². The number of nitrogens with zero attached hydrogens (tertiary/aromatic N) is 1. The number of hydrogen-bond acceptors (Lipinski definition) is 2. The van der Waals surface area contributed by atoms with Crippen LogP contribution in [0.25, 0.3) is 0 Å². The second-order valence-electron chi connectivity index (χ2n) is 4.85. The smallest absolute Gasteiger partial charge is 0.173 e. The van der Waals surface area contributed by atoms with E-state index in [1.165, 1.54) is 11.3 Å². The maximum atomic E-state index is 5.61. The summed E-state index contributed by atoms with van der Waals surface area (Å²) in [5, 5.41) is 4.12. The van der Waals surface area contributed by atoms with Gasteiger partial charge in [0, 0.05) is 25.4 Å². The van der Waals surface area contributed by atoms with E-state index in [-0.39, 0.29) is 0 Å². The zero-order chi connectivity index (χ0) is 13.7. The maximum Gasteiger partial charge on any atom is 0.173 e. The van der Waals surface area contributed by atoms with Crippen LogP contribution >= 0.6 is 12.2 Å². The zero-order valence-corrected chi connectivity index (χ0v) is 12.5. The molecule has 1 heterocycles. The van der Waals surface area contributed by atoms with Gasteiger partial charge in [-0.05, 0) is 50.5 Å². The number of thiocarbonyl (C=S) groups is 1. The Kier molecular flexibility index (Phi) is 5.16. The van der Waals surface area contributed by atoms with Gasteiger partial charge >= 0.3 is 0 Å². The summed E-state index contributed by atoms with van der Waals surface area (Å²) in [4.78, 5) is 2.14. The minimum absolute atomic E-state index is 0.313. The number of ether oxygens (including phenoxy) is 1. The minimum Gasteiger partial charge on any atom is -0.376 e. The van der Waals surface area contributed by atoms with E-state index < -0.39 is 0 Å². The van der Waals surface area contributed by atoms with Gasteiger partial charge in [0.2, 0.25) is 0 Å². The molecule has 104 valence electrons. The van der Waals surface area contributed by atoms with Crippen molar-refractivity contribution >= 4 is 23.0 Å². The van der Waals surface area contributed by atoms with Gasteiger partial charge in [-0.3, -0.25) is 0 Å². The summed E-state index contributed by atoms with van der Waals surface area (Å²) in [6.45, 7) is 6.78. The average molecular weight is 278 g/mol. The fourth-order valence-corrected chi connectivity index (χ4v) is 2.70. The first-order valence-electron chi connectivity index (χ1n) is 6.95. The van der Waals surface area contributed by atoms with Crippen molar-refractivity contribution < 1.29 is 4.74 Å². The molecule has 0 saturated carbocycles. The van der Waals surface area contributed by atoms with Crippen molar-refractivity contribution in [1.29, 1.82) is 0 Å². The molecule has 4 heteroatoms. The van der Waals surface area contributed by atoms with Crippen LogP contribution in [-0.2, 0) is 4.74 Å². The highest BCUT2D eigenvalue weighted by Gasteiger charge is 2.17. The number of aryl methyl sites for hydroxylation is 1. The first kappa shape index (κ1) is 14.3. The zero-order valence-electron chi connectivity index (χ0n) is 11.7. The lowest BCUT2D eigenvalue weighted by molar-refractivity contribution is 0.114. The van der Waals surface area contributed by atoms with Crippen LogP contribution in [0.1, 0.15) is 25.3 Å². The Morgan fingerprint density at radius 1 is 1.47 bits per heavy atom. The summed E-state index contributed by atoms with van der Waals surface area (Å²) in [6, 6.07) is 8.32. The van der Waals surface area contributed by atoms with E-state index >= 15 is 0 Å². The molecule has 1 fully saturated rings. The molecular formula is C15H22N2OS. The van der Waals surface area contributed by atoms with Crippen molar-refractivity contribution in [2.75, 3.05) is 24.6 Å². The van der Waals surface area contributed by atoms with Gasteiger partial charge in [-0.1, -0.05) is 18.2 Å². The molecule has 1 aromatic carbocycles. The van der Waals surface area contributed by atoms with Crippen molar-refractivity contribution in [3.8, 4) is 0 Å². The lowest BCUT2D eigenvalue weighted by Gasteiger charge is -2.26. The normalized spacial score (nSPS) is 18.3. The molecule has 0 amide bonds. The number of benzene rings is 1. The van der Waals surface area contributed by atoms with Gasteiger partial charge in [-0.25, -0.2) is 0 Å². The molecule has 19 heavy (non-hydrogen) atoms. The number of hydrogen-bond donors (Lipinski definition) is 1. The highest BCUT2D eigenvalue weighted by Crippen LogP contribution is 2.19. The largest absolute Gasteiger partial charge is 0.376 e. The first-order chi connectivity index (χ1) is 9.22. The van der Waals surface area contributed by atoms with E-state index in [9.17, 15) is 0 Å². The monoisotopic (exact) mass is 278 g/mol. The third-order valence-corrected chi connectivity index (χ3v) is 3.84. The summed E-state index contributed by atoms with van der Waals surface area (Å²) in [5.74, 6) is 0. The van der Waals surface area contributed by atoms with Crippen LogP contribution in [0, 0.1) is 6.92 Å². The van der Waals surface area contributed by atoms with E-state index in [0.717, 1.165) is 37.7 Å². The fourth-order valence-electron chi connectivity index (χ4n) is 2.39. The molecule has 1 saturated heterocycles. The van der Waals surface area contributed by atoms with Gasteiger partial charge in [0.15, 0.2) is 5.11 Å². The van der Waals surface area contributed by atoms with Gasteiger partial charge in [-0.2, -0.15) is 0 Å². The molecule has 1 aliphatic heterocycles. The highest BCUT2D eigenvalue weighted by atomic mass is 32.1. The van der Waals surface area contributed by atoms with Gasteiger partial charge in [-0.15, -0.1) is 0 Å². The molecule has 0 spiro atoms. The summed E-state index contributed by atoms with van der Waals surface area (Å²) >= 11 is 5.51. The lowest BCUT2D eigenvalue weighted by Crippen LogP contribution is -2.43. The van der Waals surface area contributed by atoms with Crippen molar-refractivity contribution in [2.45, 2.75) is 32.8 Å². The summed E-state index contributed by atoms with van der Waals surface area (Å²) in [7, 11) is 0. The Bertz CT molecular complexity index is 430. The fraction of sp³-hybridized carbons (Fsp3) is 0.533. The van der Waals surface area contributed by atoms with Crippen LogP contribution in [0.2, 0.25) is 0 Å². The molecule has 1 aliphatic rings. The van der Waals surface area contributed by atoms with Crippen LogP contribution < -0.4 is 10.2 Å². The van der Waals surface area contributed by atoms with E-state index in [1.807, 2.05) is 6.07 Å². The Morgan fingerprint density at radius 3 is 2.89 bits per heavy atom.